The second kappa shape index (κ2) is 4.23. The molecule has 3 rings (SSSR count). The summed E-state index contributed by atoms with van der Waals surface area (Å²) in [6, 6.07) is 9.88. The Morgan fingerprint density at radius 3 is 2.83 bits per heavy atom. The quantitative estimate of drug-likeness (QED) is 0.743. The summed E-state index contributed by atoms with van der Waals surface area (Å²) in [5.41, 5.74) is 8.40. The van der Waals surface area contributed by atoms with E-state index in [1.165, 1.54) is 0 Å². The zero-order valence-corrected chi connectivity index (χ0v) is 10.1. The van der Waals surface area contributed by atoms with E-state index in [0.717, 1.165) is 22.0 Å². The lowest BCUT2D eigenvalue weighted by Crippen LogP contribution is -2.16. The summed E-state index contributed by atoms with van der Waals surface area (Å²) in [7, 11) is 1.90. The number of benzene rings is 1. The van der Waals surface area contributed by atoms with Crippen LogP contribution in [0.4, 0.5) is 0 Å². The summed E-state index contributed by atoms with van der Waals surface area (Å²) < 4.78 is 1.81. The smallest absolute Gasteiger partial charge is 0.0729 e. The van der Waals surface area contributed by atoms with Crippen molar-refractivity contribution < 1.29 is 0 Å². The molecular weight excluding hydrogens is 224 g/mol. The Hall–Kier alpha value is -2.20. The molecule has 2 N–H and O–H groups in total. The van der Waals surface area contributed by atoms with Gasteiger partial charge in [-0.3, -0.25) is 9.67 Å². The zero-order valence-electron chi connectivity index (χ0n) is 10.1. The minimum atomic E-state index is -0.189. The monoisotopic (exact) mass is 238 g/mol. The van der Waals surface area contributed by atoms with Crippen LogP contribution in [0.25, 0.3) is 10.8 Å². The van der Waals surface area contributed by atoms with E-state index >= 15 is 0 Å². The van der Waals surface area contributed by atoms with Gasteiger partial charge in [-0.25, -0.2) is 0 Å². The first-order chi connectivity index (χ1) is 8.77. The first-order valence-corrected chi connectivity index (χ1v) is 5.83. The van der Waals surface area contributed by atoms with Crippen molar-refractivity contribution >= 4 is 10.8 Å². The van der Waals surface area contributed by atoms with Crippen molar-refractivity contribution in [1.82, 2.24) is 14.8 Å². The standard InChI is InChI=1S/C14H14N4/c1-18-13(6-8-17-18)14(15)11-4-2-3-10-5-7-16-9-12(10)11/h2-9,14H,15H2,1H3. The molecule has 1 atom stereocenters. The number of fused-ring (bicyclic) bond motifs is 1. The first-order valence-electron chi connectivity index (χ1n) is 5.83. The summed E-state index contributed by atoms with van der Waals surface area (Å²) in [4.78, 5) is 4.18. The summed E-state index contributed by atoms with van der Waals surface area (Å²) in [5, 5.41) is 6.41. The Morgan fingerprint density at radius 2 is 2.06 bits per heavy atom. The molecule has 0 aliphatic heterocycles. The average molecular weight is 238 g/mol. The van der Waals surface area contributed by atoms with Crippen molar-refractivity contribution in [2.24, 2.45) is 12.8 Å². The van der Waals surface area contributed by atoms with Crippen LogP contribution in [-0.2, 0) is 7.05 Å². The third-order valence-corrected chi connectivity index (χ3v) is 3.23. The maximum Gasteiger partial charge on any atom is 0.0729 e. The number of nitrogens with two attached hydrogens (primary N) is 1. The molecule has 1 aromatic carbocycles. The van der Waals surface area contributed by atoms with Crippen molar-refractivity contribution in [3.63, 3.8) is 0 Å². The molecule has 4 heteroatoms. The van der Waals surface area contributed by atoms with Crippen molar-refractivity contribution in [3.05, 3.63) is 60.2 Å². The van der Waals surface area contributed by atoms with Gasteiger partial charge in [0.2, 0.25) is 0 Å². The van der Waals surface area contributed by atoms with E-state index in [2.05, 4.69) is 16.1 Å². The van der Waals surface area contributed by atoms with Gasteiger partial charge >= 0.3 is 0 Å². The second-order valence-corrected chi connectivity index (χ2v) is 4.30. The van der Waals surface area contributed by atoms with Gasteiger partial charge in [0, 0.05) is 31.0 Å². The Bertz CT molecular complexity index is 682. The third-order valence-electron chi connectivity index (χ3n) is 3.23. The van der Waals surface area contributed by atoms with Gasteiger partial charge in [-0.1, -0.05) is 18.2 Å². The van der Waals surface area contributed by atoms with Crippen molar-refractivity contribution in [2.45, 2.75) is 6.04 Å². The number of nitrogens with zero attached hydrogens (tertiary/aromatic N) is 3. The highest BCUT2D eigenvalue weighted by Gasteiger charge is 2.14. The van der Waals surface area contributed by atoms with E-state index in [9.17, 15) is 0 Å². The van der Waals surface area contributed by atoms with Crippen LogP contribution in [0.3, 0.4) is 0 Å². The highest BCUT2D eigenvalue weighted by molar-refractivity contribution is 5.85. The van der Waals surface area contributed by atoms with Crippen molar-refractivity contribution in [3.8, 4) is 0 Å². The van der Waals surface area contributed by atoms with E-state index in [1.807, 2.05) is 37.5 Å². The van der Waals surface area contributed by atoms with E-state index < -0.39 is 0 Å². The van der Waals surface area contributed by atoms with Gasteiger partial charge in [0.1, 0.15) is 0 Å². The van der Waals surface area contributed by atoms with Crippen LogP contribution >= 0.6 is 0 Å². The largest absolute Gasteiger partial charge is 0.319 e. The molecule has 0 bridgehead atoms. The van der Waals surface area contributed by atoms with Crippen LogP contribution in [0.2, 0.25) is 0 Å². The van der Waals surface area contributed by atoms with Gasteiger partial charge in [0.05, 0.1) is 11.7 Å². The van der Waals surface area contributed by atoms with Gasteiger partial charge in [0.25, 0.3) is 0 Å². The molecule has 18 heavy (non-hydrogen) atoms. The highest BCUT2D eigenvalue weighted by atomic mass is 15.3. The van der Waals surface area contributed by atoms with Crippen molar-refractivity contribution in [2.75, 3.05) is 0 Å². The molecule has 0 aliphatic carbocycles. The summed E-state index contributed by atoms with van der Waals surface area (Å²) >= 11 is 0. The average Bonchev–Trinajstić information content (AvgIpc) is 2.83. The number of hydrogen-bond donors (Lipinski definition) is 1. The number of pyridine rings is 1. The molecule has 2 aromatic heterocycles. The highest BCUT2D eigenvalue weighted by Crippen LogP contribution is 2.26. The SMILES string of the molecule is Cn1nccc1C(N)c1cccc2ccncc12. The molecule has 90 valence electrons. The predicted octanol–water partition coefficient (Wildman–Crippen LogP) is 2.02. The lowest BCUT2D eigenvalue weighted by atomic mass is 9.99. The Labute approximate surface area is 105 Å². The van der Waals surface area contributed by atoms with E-state index in [-0.39, 0.29) is 6.04 Å². The van der Waals surface area contributed by atoms with Crippen LogP contribution < -0.4 is 5.73 Å². The number of aromatic nitrogens is 3. The van der Waals surface area contributed by atoms with Crippen LogP contribution in [0.15, 0.2) is 48.9 Å². The minimum Gasteiger partial charge on any atom is -0.319 e. The molecule has 2 heterocycles. The minimum absolute atomic E-state index is 0.189. The fraction of sp³-hybridized carbons (Fsp3) is 0.143. The molecule has 0 spiro atoms. The summed E-state index contributed by atoms with van der Waals surface area (Å²) in [6.45, 7) is 0. The normalized spacial score (nSPS) is 12.8. The van der Waals surface area contributed by atoms with E-state index in [0.29, 0.717) is 0 Å². The van der Waals surface area contributed by atoms with Gasteiger partial charge in [0.15, 0.2) is 0 Å². The summed E-state index contributed by atoms with van der Waals surface area (Å²) in [6.07, 6.45) is 5.42. The lowest BCUT2D eigenvalue weighted by molar-refractivity contribution is 0.675. The molecular formula is C14H14N4. The Kier molecular flexibility index (Phi) is 2.57. The third kappa shape index (κ3) is 1.67. The lowest BCUT2D eigenvalue weighted by Gasteiger charge is -2.14. The van der Waals surface area contributed by atoms with Crippen LogP contribution in [0.5, 0.6) is 0 Å². The van der Waals surface area contributed by atoms with Gasteiger partial charge in [-0.15, -0.1) is 0 Å². The van der Waals surface area contributed by atoms with E-state index in [4.69, 9.17) is 5.73 Å². The number of hydrogen-bond acceptors (Lipinski definition) is 3. The Morgan fingerprint density at radius 1 is 1.17 bits per heavy atom. The predicted molar refractivity (Wildman–Crippen MR) is 71.0 cm³/mol. The van der Waals surface area contributed by atoms with Crippen LogP contribution in [0, 0.1) is 0 Å². The maximum absolute atomic E-state index is 6.34. The zero-order chi connectivity index (χ0) is 12.5. The molecule has 0 radical (unpaired) electrons. The second-order valence-electron chi connectivity index (χ2n) is 4.30. The fourth-order valence-corrected chi connectivity index (χ4v) is 2.26. The molecule has 4 nitrogen and oxygen atoms in total. The molecule has 0 aliphatic rings. The van der Waals surface area contributed by atoms with E-state index in [1.54, 1.807) is 17.1 Å². The van der Waals surface area contributed by atoms with Gasteiger partial charge < -0.3 is 5.73 Å². The van der Waals surface area contributed by atoms with Crippen LogP contribution in [0.1, 0.15) is 17.3 Å². The summed E-state index contributed by atoms with van der Waals surface area (Å²) in [5.74, 6) is 0. The number of rotatable bonds is 2. The molecule has 0 amide bonds. The van der Waals surface area contributed by atoms with Gasteiger partial charge in [-0.2, -0.15) is 5.10 Å². The molecule has 0 saturated carbocycles. The number of aryl methyl sites for hydroxylation is 1. The van der Waals surface area contributed by atoms with Crippen LogP contribution in [-0.4, -0.2) is 14.8 Å². The molecule has 3 aromatic rings. The Balaban J connectivity index is 2.18. The van der Waals surface area contributed by atoms with Gasteiger partial charge in [-0.05, 0) is 23.1 Å². The molecule has 0 saturated heterocycles. The first kappa shape index (κ1) is 10.9. The van der Waals surface area contributed by atoms with Crippen molar-refractivity contribution in [1.29, 1.82) is 0 Å². The maximum atomic E-state index is 6.34. The molecule has 0 fully saturated rings. The topological polar surface area (TPSA) is 56.7 Å². The fourth-order valence-electron chi connectivity index (χ4n) is 2.26. The molecule has 1 unspecified atom stereocenters.